The number of aryl methyl sites for hydroxylation is 2. The van der Waals surface area contributed by atoms with E-state index >= 15 is 0 Å². The second-order valence-electron chi connectivity index (χ2n) is 3.38. The van der Waals surface area contributed by atoms with E-state index in [0.717, 1.165) is 11.1 Å². The summed E-state index contributed by atoms with van der Waals surface area (Å²) in [6.07, 6.45) is 0. The standard InChI is InChI=1S/C10H15NO2S/c1-8-3-4-10(9(2)7-8)14(12,13)6-5-11/h3-4,7H,5-6,11H2,1-2H3. The Bertz CT molecular complexity index is 424. The van der Waals surface area contributed by atoms with Crippen molar-refractivity contribution in [3.8, 4) is 0 Å². The molecular weight excluding hydrogens is 198 g/mol. The maximum absolute atomic E-state index is 11.7. The van der Waals surface area contributed by atoms with Crippen molar-refractivity contribution < 1.29 is 8.42 Å². The van der Waals surface area contributed by atoms with Crippen LogP contribution in [-0.4, -0.2) is 20.7 Å². The summed E-state index contributed by atoms with van der Waals surface area (Å²) >= 11 is 0. The first-order chi connectivity index (χ1) is 6.47. The number of hydrogen-bond donors (Lipinski definition) is 1. The molecule has 0 amide bonds. The van der Waals surface area contributed by atoms with Crippen LogP contribution >= 0.6 is 0 Å². The molecular formula is C10H15NO2S. The highest BCUT2D eigenvalue weighted by Crippen LogP contribution is 2.17. The Morgan fingerprint density at radius 2 is 1.93 bits per heavy atom. The van der Waals surface area contributed by atoms with Crippen molar-refractivity contribution in [1.82, 2.24) is 0 Å². The van der Waals surface area contributed by atoms with Crippen molar-refractivity contribution in [2.24, 2.45) is 5.73 Å². The second kappa shape index (κ2) is 4.11. The Hall–Kier alpha value is -0.870. The molecule has 0 fully saturated rings. The molecule has 3 nitrogen and oxygen atoms in total. The predicted molar refractivity (Wildman–Crippen MR) is 57.0 cm³/mol. The van der Waals surface area contributed by atoms with Gasteiger partial charge in [0.05, 0.1) is 10.6 Å². The lowest BCUT2D eigenvalue weighted by Gasteiger charge is -2.06. The third-order valence-corrected chi connectivity index (χ3v) is 3.95. The lowest BCUT2D eigenvalue weighted by molar-refractivity contribution is 0.595. The summed E-state index contributed by atoms with van der Waals surface area (Å²) in [7, 11) is -3.18. The minimum Gasteiger partial charge on any atom is -0.329 e. The van der Waals surface area contributed by atoms with Crippen molar-refractivity contribution in [2.75, 3.05) is 12.3 Å². The number of hydrogen-bond acceptors (Lipinski definition) is 3. The van der Waals surface area contributed by atoms with Crippen LogP contribution in [0.5, 0.6) is 0 Å². The van der Waals surface area contributed by atoms with Gasteiger partial charge in [0.15, 0.2) is 9.84 Å². The SMILES string of the molecule is Cc1ccc(S(=O)(=O)CCN)c(C)c1. The first kappa shape index (κ1) is 11.2. The van der Waals surface area contributed by atoms with Gasteiger partial charge in [0.2, 0.25) is 0 Å². The molecule has 1 aromatic carbocycles. The van der Waals surface area contributed by atoms with Crippen LogP contribution in [0.1, 0.15) is 11.1 Å². The van der Waals surface area contributed by atoms with Crippen LogP contribution in [0.3, 0.4) is 0 Å². The van der Waals surface area contributed by atoms with E-state index in [9.17, 15) is 8.42 Å². The molecule has 14 heavy (non-hydrogen) atoms. The van der Waals surface area contributed by atoms with Gasteiger partial charge in [0.1, 0.15) is 0 Å². The lowest BCUT2D eigenvalue weighted by Crippen LogP contribution is -2.16. The Morgan fingerprint density at radius 1 is 1.29 bits per heavy atom. The van der Waals surface area contributed by atoms with Crippen LogP contribution in [0.2, 0.25) is 0 Å². The summed E-state index contributed by atoms with van der Waals surface area (Å²) < 4.78 is 23.4. The number of sulfone groups is 1. The van der Waals surface area contributed by atoms with Gasteiger partial charge in [0, 0.05) is 6.54 Å². The lowest BCUT2D eigenvalue weighted by atomic mass is 10.2. The van der Waals surface area contributed by atoms with Crippen LogP contribution in [0.4, 0.5) is 0 Å². The summed E-state index contributed by atoms with van der Waals surface area (Å²) in [6, 6.07) is 5.31. The average molecular weight is 213 g/mol. The van der Waals surface area contributed by atoms with Gasteiger partial charge < -0.3 is 5.73 Å². The largest absolute Gasteiger partial charge is 0.329 e. The van der Waals surface area contributed by atoms with Crippen LogP contribution in [0, 0.1) is 13.8 Å². The zero-order chi connectivity index (χ0) is 10.8. The molecule has 2 N–H and O–H groups in total. The van der Waals surface area contributed by atoms with Gasteiger partial charge in [-0.15, -0.1) is 0 Å². The van der Waals surface area contributed by atoms with E-state index in [1.807, 2.05) is 13.0 Å². The highest BCUT2D eigenvalue weighted by Gasteiger charge is 2.15. The minimum absolute atomic E-state index is 0.0108. The fourth-order valence-corrected chi connectivity index (χ4v) is 2.77. The van der Waals surface area contributed by atoms with Gasteiger partial charge in [0.25, 0.3) is 0 Å². The van der Waals surface area contributed by atoms with Crippen molar-refractivity contribution in [2.45, 2.75) is 18.7 Å². The second-order valence-corrected chi connectivity index (χ2v) is 5.45. The van der Waals surface area contributed by atoms with Crippen LogP contribution < -0.4 is 5.73 Å². The first-order valence-electron chi connectivity index (χ1n) is 4.47. The Morgan fingerprint density at radius 3 is 2.43 bits per heavy atom. The van der Waals surface area contributed by atoms with Gasteiger partial charge in [-0.05, 0) is 25.5 Å². The summed E-state index contributed by atoms with van der Waals surface area (Å²) in [5.41, 5.74) is 7.11. The zero-order valence-electron chi connectivity index (χ0n) is 8.45. The van der Waals surface area contributed by atoms with Crippen molar-refractivity contribution in [3.05, 3.63) is 29.3 Å². The molecule has 0 aliphatic carbocycles. The van der Waals surface area contributed by atoms with Crippen LogP contribution in [-0.2, 0) is 9.84 Å². The Kier molecular flexibility index (Phi) is 3.29. The molecule has 0 spiro atoms. The Labute approximate surface area is 84.9 Å². The molecule has 0 radical (unpaired) electrons. The highest BCUT2D eigenvalue weighted by molar-refractivity contribution is 7.91. The summed E-state index contributed by atoms with van der Waals surface area (Å²) in [6.45, 7) is 3.90. The molecule has 0 aliphatic rings. The molecule has 0 atom stereocenters. The van der Waals surface area contributed by atoms with E-state index in [2.05, 4.69) is 0 Å². The third kappa shape index (κ3) is 2.33. The van der Waals surface area contributed by atoms with Crippen molar-refractivity contribution in [3.63, 3.8) is 0 Å². The minimum atomic E-state index is -3.18. The summed E-state index contributed by atoms with van der Waals surface area (Å²) in [4.78, 5) is 0.397. The van der Waals surface area contributed by atoms with Gasteiger partial charge in [-0.3, -0.25) is 0 Å². The molecule has 0 aliphatic heterocycles. The Balaban J connectivity index is 3.20. The van der Waals surface area contributed by atoms with E-state index < -0.39 is 9.84 Å². The maximum atomic E-state index is 11.7. The smallest absolute Gasteiger partial charge is 0.179 e. The molecule has 78 valence electrons. The van der Waals surface area contributed by atoms with Gasteiger partial charge in [-0.2, -0.15) is 0 Å². The van der Waals surface area contributed by atoms with Gasteiger partial charge in [-0.1, -0.05) is 17.7 Å². The van der Waals surface area contributed by atoms with E-state index in [1.54, 1.807) is 19.1 Å². The van der Waals surface area contributed by atoms with E-state index in [1.165, 1.54) is 0 Å². The molecule has 0 bridgehead atoms. The monoisotopic (exact) mass is 213 g/mol. The summed E-state index contributed by atoms with van der Waals surface area (Å²) in [5, 5.41) is 0. The number of benzene rings is 1. The van der Waals surface area contributed by atoms with Crippen molar-refractivity contribution >= 4 is 9.84 Å². The van der Waals surface area contributed by atoms with Crippen LogP contribution in [0.15, 0.2) is 23.1 Å². The quantitative estimate of drug-likeness (QED) is 0.816. The van der Waals surface area contributed by atoms with E-state index in [-0.39, 0.29) is 12.3 Å². The van der Waals surface area contributed by atoms with Gasteiger partial charge >= 0.3 is 0 Å². The van der Waals surface area contributed by atoms with E-state index in [0.29, 0.717) is 4.90 Å². The zero-order valence-corrected chi connectivity index (χ0v) is 9.26. The summed E-state index contributed by atoms with van der Waals surface area (Å²) in [5.74, 6) is 0.0108. The predicted octanol–water partition coefficient (Wildman–Crippen LogP) is 1.04. The van der Waals surface area contributed by atoms with Crippen molar-refractivity contribution in [1.29, 1.82) is 0 Å². The fraction of sp³-hybridized carbons (Fsp3) is 0.400. The average Bonchev–Trinajstić information content (AvgIpc) is 2.02. The maximum Gasteiger partial charge on any atom is 0.179 e. The topological polar surface area (TPSA) is 60.2 Å². The van der Waals surface area contributed by atoms with Crippen LogP contribution in [0.25, 0.3) is 0 Å². The number of nitrogens with two attached hydrogens (primary N) is 1. The highest BCUT2D eigenvalue weighted by atomic mass is 32.2. The normalized spacial score (nSPS) is 11.6. The molecule has 4 heteroatoms. The van der Waals surface area contributed by atoms with Gasteiger partial charge in [-0.25, -0.2) is 8.42 Å². The van der Waals surface area contributed by atoms with E-state index in [4.69, 9.17) is 5.73 Å². The fourth-order valence-electron chi connectivity index (χ4n) is 1.41. The third-order valence-electron chi connectivity index (χ3n) is 2.05. The molecule has 0 saturated heterocycles. The molecule has 0 saturated carbocycles. The molecule has 0 aromatic heterocycles. The first-order valence-corrected chi connectivity index (χ1v) is 6.12. The molecule has 0 heterocycles. The molecule has 1 rings (SSSR count). The molecule has 1 aromatic rings. The number of rotatable bonds is 3. The molecule has 0 unspecified atom stereocenters.